The number of halogens is 1. The van der Waals surface area contributed by atoms with E-state index < -0.39 is 0 Å². The fourth-order valence-electron chi connectivity index (χ4n) is 5.04. The Kier molecular flexibility index (Phi) is 4.33. The first-order valence-corrected chi connectivity index (χ1v) is 10.9. The number of furan rings is 1. The van der Waals surface area contributed by atoms with Gasteiger partial charge >= 0.3 is 0 Å². The second-order valence-electron chi connectivity index (χ2n) is 8.79. The largest absolute Gasteiger partial charge is 0.461 e. The van der Waals surface area contributed by atoms with E-state index in [4.69, 9.17) is 14.1 Å². The summed E-state index contributed by atoms with van der Waals surface area (Å²) in [6.07, 6.45) is 2.52. The third kappa shape index (κ3) is 2.93. The van der Waals surface area contributed by atoms with Gasteiger partial charge in [0, 0.05) is 17.5 Å². The van der Waals surface area contributed by atoms with Crippen LogP contribution in [0.3, 0.4) is 0 Å². The van der Waals surface area contributed by atoms with E-state index in [0.717, 1.165) is 59.4 Å². The van der Waals surface area contributed by atoms with Crippen molar-refractivity contribution in [2.24, 2.45) is 0 Å². The van der Waals surface area contributed by atoms with E-state index in [1.165, 1.54) is 0 Å². The lowest BCUT2D eigenvalue weighted by molar-refractivity contribution is 0.0991. The number of nitrogens with one attached hydrogen (secondary N) is 1. The zero-order valence-electron chi connectivity index (χ0n) is 18.2. The number of anilines is 2. The number of benzene rings is 1. The highest BCUT2D eigenvalue weighted by Crippen LogP contribution is 2.37. The van der Waals surface area contributed by atoms with Crippen LogP contribution in [0.5, 0.6) is 0 Å². The molecule has 3 aromatic heterocycles. The molecule has 2 aliphatic heterocycles. The number of fused-ring (bicyclic) bond motifs is 4. The normalized spacial score (nSPS) is 21.1. The second kappa shape index (κ2) is 7.13. The van der Waals surface area contributed by atoms with Crippen molar-refractivity contribution in [2.75, 3.05) is 23.4 Å². The van der Waals surface area contributed by atoms with E-state index >= 15 is 0 Å². The summed E-state index contributed by atoms with van der Waals surface area (Å²) in [7, 11) is 0. The first kappa shape index (κ1) is 19.4. The van der Waals surface area contributed by atoms with Gasteiger partial charge in [-0.1, -0.05) is 12.1 Å². The van der Waals surface area contributed by atoms with Gasteiger partial charge in [0.05, 0.1) is 52.8 Å². The van der Waals surface area contributed by atoms with Gasteiger partial charge in [0.25, 0.3) is 0 Å². The van der Waals surface area contributed by atoms with Crippen LogP contribution in [0.2, 0.25) is 0 Å². The molecule has 0 aliphatic carbocycles. The third-order valence-electron chi connectivity index (χ3n) is 6.70. The van der Waals surface area contributed by atoms with Crippen molar-refractivity contribution < 1.29 is 13.5 Å². The van der Waals surface area contributed by atoms with Crippen LogP contribution in [0, 0.1) is 19.7 Å². The highest BCUT2D eigenvalue weighted by Gasteiger charge is 2.39. The van der Waals surface area contributed by atoms with E-state index in [1.807, 2.05) is 32.9 Å². The van der Waals surface area contributed by atoms with Gasteiger partial charge in [-0.15, -0.1) is 5.10 Å². The van der Waals surface area contributed by atoms with Gasteiger partial charge in [-0.3, -0.25) is 0 Å². The minimum absolute atomic E-state index is 0.176. The molecule has 4 aromatic rings. The molecule has 0 spiro atoms. The minimum atomic E-state index is -0.358. The zero-order chi connectivity index (χ0) is 22.0. The van der Waals surface area contributed by atoms with E-state index in [2.05, 4.69) is 26.5 Å². The fourth-order valence-corrected chi connectivity index (χ4v) is 5.04. The van der Waals surface area contributed by atoms with Crippen molar-refractivity contribution in [3.05, 3.63) is 53.3 Å². The molecule has 2 aliphatic rings. The summed E-state index contributed by atoms with van der Waals surface area (Å²) in [5.41, 5.74) is 5.11. The van der Waals surface area contributed by atoms with E-state index in [9.17, 15) is 4.39 Å². The molecule has 5 heterocycles. The number of morpholine rings is 1. The Balaban J connectivity index is 1.42. The van der Waals surface area contributed by atoms with Gasteiger partial charge in [0.2, 0.25) is 0 Å². The lowest BCUT2D eigenvalue weighted by Gasteiger charge is -2.30. The number of aryl methyl sites for hydroxylation is 2. The predicted molar refractivity (Wildman–Crippen MR) is 121 cm³/mol. The number of hydrogen-bond donors (Lipinski definition) is 1. The number of rotatable bonds is 4. The van der Waals surface area contributed by atoms with Crippen molar-refractivity contribution in [3.63, 3.8) is 0 Å². The minimum Gasteiger partial charge on any atom is -0.461 e. The lowest BCUT2D eigenvalue weighted by Crippen LogP contribution is -2.37. The van der Waals surface area contributed by atoms with Crippen LogP contribution in [0.1, 0.15) is 36.3 Å². The number of nitrogens with zero attached hydrogens (tertiary/aromatic N) is 4. The van der Waals surface area contributed by atoms with Crippen molar-refractivity contribution in [1.82, 2.24) is 15.2 Å². The smallest absolute Gasteiger partial charge is 0.169 e. The van der Waals surface area contributed by atoms with Gasteiger partial charge in [-0.2, -0.15) is 5.10 Å². The number of para-hydroxylation sites is 1. The van der Waals surface area contributed by atoms with Crippen molar-refractivity contribution in [2.45, 2.75) is 45.4 Å². The average molecular weight is 433 g/mol. The molecule has 1 N–H and O–H groups in total. The Morgan fingerprint density at radius 3 is 2.84 bits per heavy atom. The van der Waals surface area contributed by atoms with Crippen LogP contribution >= 0.6 is 0 Å². The summed E-state index contributed by atoms with van der Waals surface area (Å²) >= 11 is 0. The zero-order valence-corrected chi connectivity index (χ0v) is 18.2. The maximum absolute atomic E-state index is 14.0. The monoisotopic (exact) mass is 433 g/mol. The van der Waals surface area contributed by atoms with Crippen molar-refractivity contribution >= 4 is 33.4 Å². The van der Waals surface area contributed by atoms with Crippen LogP contribution in [0.15, 0.2) is 34.9 Å². The standard InChI is InChI=1S/C24H24FN5O2/c1-12(17-5-4-6-18-20(25)11-32-23(17)18)27-24-19-8-21(30-9-16-7-15(30)10-31-16)13(2)26-22(19)14(3)28-29-24/h4-6,8,11-12,15-16H,7,9-10H2,1-3H3,(H,27,29)/t12-,15?,16?/m1/s1. The quantitative estimate of drug-likeness (QED) is 0.501. The fraction of sp³-hybridized carbons (Fsp3) is 0.375. The Morgan fingerprint density at radius 1 is 1.19 bits per heavy atom. The van der Waals surface area contributed by atoms with Crippen LogP contribution in [-0.4, -0.2) is 40.5 Å². The Hall–Kier alpha value is -3.26. The molecule has 32 heavy (non-hydrogen) atoms. The van der Waals surface area contributed by atoms with Gasteiger partial charge < -0.3 is 19.4 Å². The van der Waals surface area contributed by atoms with E-state index in [1.54, 1.807) is 6.07 Å². The summed E-state index contributed by atoms with van der Waals surface area (Å²) in [5, 5.41) is 13.6. The first-order valence-electron chi connectivity index (χ1n) is 10.9. The maximum Gasteiger partial charge on any atom is 0.169 e. The van der Waals surface area contributed by atoms with Crippen molar-refractivity contribution in [3.8, 4) is 0 Å². The van der Waals surface area contributed by atoms with Crippen LogP contribution in [0.25, 0.3) is 21.9 Å². The molecular formula is C24H24FN5O2. The van der Waals surface area contributed by atoms with Gasteiger partial charge in [0.1, 0.15) is 11.8 Å². The molecule has 1 aromatic carbocycles. The molecule has 2 unspecified atom stereocenters. The van der Waals surface area contributed by atoms with Crippen molar-refractivity contribution in [1.29, 1.82) is 0 Å². The third-order valence-corrected chi connectivity index (χ3v) is 6.70. The van der Waals surface area contributed by atoms with E-state index in [0.29, 0.717) is 28.9 Å². The molecule has 0 saturated carbocycles. The topological polar surface area (TPSA) is 76.3 Å². The lowest BCUT2D eigenvalue weighted by atomic mass is 10.1. The Labute approximate surface area is 184 Å². The van der Waals surface area contributed by atoms with Gasteiger partial charge in [-0.25, -0.2) is 9.37 Å². The van der Waals surface area contributed by atoms with E-state index in [-0.39, 0.29) is 11.9 Å². The molecule has 2 fully saturated rings. The molecule has 0 amide bonds. The van der Waals surface area contributed by atoms with Crippen LogP contribution in [0.4, 0.5) is 15.9 Å². The molecule has 164 valence electrons. The number of ether oxygens (including phenoxy) is 1. The molecule has 2 saturated heterocycles. The predicted octanol–water partition coefficient (Wildman–Crippen LogP) is 4.68. The van der Waals surface area contributed by atoms with Crippen LogP contribution < -0.4 is 10.2 Å². The Bertz CT molecular complexity index is 1350. The number of aromatic nitrogens is 3. The molecule has 7 nitrogen and oxygen atoms in total. The number of hydrogen-bond acceptors (Lipinski definition) is 7. The number of pyridine rings is 1. The highest BCUT2D eigenvalue weighted by atomic mass is 19.1. The summed E-state index contributed by atoms with van der Waals surface area (Å²) in [6.45, 7) is 7.63. The molecule has 0 radical (unpaired) electrons. The molecular weight excluding hydrogens is 409 g/mol. The first-order chi connectivity index (χ1) is 15.5. The van der Waals surface area contributed by atoms with Gasteiger partial charge in [-0.05, 0) is 39.3 Å². The summed E-state index contributed by atoms with van der Waals surface area (Å²) in [5.74, 6) is 0.291. The molecule has 3 atom stereocenters. The highest BCUT2D eigenvalue weighted by molar-refractivity contribution is 5.93. The average Bonchev–Trinajstić information content (AvgIpc) is 3.52. The summed E-state index contributed by atoms with van der Waals surface area (Å²) in [4.78, 5) is 7.31. The summed E-state index contributed by atoms with van der Waals surface area (Å²) < 4.78 is 25.3. The molecule has 2 bridgehead atoms. The van der Waals surface area contributed by atoms with Crippen LogP contribution in [-0.2, 0) is 4.74 Å². The second-order valence-corrected chi connectivity index (χ2v) is 8.79. The van der Waals surface area contributed by atoms with Gasteiger partial charge in [0.15, 0.2) is 11.6 Å². The maximum atomic E-state index is 14.0. The Morgan fingerprint density at radius 2 is 2.06 bits per heavy atom. The molecule has 8 heteroatoms. The molecule has 6 rings (SSSR count). The SMILES string of the molecule is Cc1nc2c(C)nnc(N[C@H](C)c3cccc4c(F)coc34)c2cc1N1CC2CC1CO2. The summed E-state index contributed by atoms with van der Waals surface area (Å²) in [6, 6.07) is 7.88.